The molecule has 0 aliphatic rings. The van der Waals surface area contributed by atoms with Gasteiger partial charge >= 0.3 is 0 Å². The van der Waals surface area contributed by atoms with E-state index in [0.717, 1.165) is 21.8 Å². The Bertz CT molecular complexity index is 1440. The average molecular weight is 415 g/mol. The molecular formula is C21H17N7OS. The molecule has 0 bridgehead atoms. The van der Waals surface area contributed by atoms with Crippen molar-refractivity contribution in [3.63, 3.8) is 0 Å². The SMILES string of the molecule is Cc1ccc(-n2c(CSc3ncnc4nc[nH]c34)nc3cccc(C)c3c2=O)cn1. The predicted octanol–water partition coefficient (Wildman–Crippen LogP) is 3.36. The van der Waals surface area contributed by atoms with Crippen LogP contribution in [0.2, 0.25) is 0 Å². The number of hydrogen-bond acceptors (Lipinski definition) is 7. The third-order valence-electron chi connectivity index (χ3n) is 4.86. The molecule has 0 atom stereocenters. The molecule has 0 fully saturated rings. The van der Waals surface area contributed by atoms with Crippen molar-refractivity contribution in [1.82, 2.24) is 34.5 Å². The number of nitrogens with one attached hydrogen (secondary N) is 1. The summed E-state index contributed by atoms with van der Waals surface area (Å²) in [5.41, 5.74) is 4.42. The van der Waals surface area contributed by atoms with Gasteiger partial charge in [-0.2, -0.15) is 0 Å². The van der Waals surface area contributed by atoms with E-state index < -0.39 is 0 Å². The van der Waals surface area contributed by atoms with Gasteiger partial charge in [-0.15, -0.1) is 0 Å². The Labute approximate surface area is 175 Å². The molecule has 0 aliphatic heterocycles. The van der Waals surface area contributed by atoms with Crippen LogP contribution in [0.15, 0.2) is 59.0 Å². The molecule has 4 heterocycles. The summed E-state index contributed by atoms with van der Waals surface area (Å²) < 4.78 is 1.64. The molecule has 0 saturated heterocycles. The smallest absolute Gasteiger partial charge is 0.266 e. The number of imidazole rings is 1. The first-order valence-corrected chi connectivity index (χ1v) is 10.3. The van der Waals surface area contributed by atoms with Gasteiger partial charge in [-0.05, 0) is 37.6 Å². The average Bonchev–Trinajstić information content (AvgIpc) is 3.23. The third kappa shape index (κ3) is 3.13. The van der Waals surface area contributed by atoms with Crippen molar-refractivity contribution in [2.75, 3.05) is 0 Å². The van der Waals surface area contributed by atoms with E-state index in [-0.39, 0.29) is 5.56 Å². The quantitative estimate of drug-likeness (QED) is 0.355. The normalized spacial score (nSPS) is 11.4. The Morgan fingerprint density at radius 1 is 1.07 bits per heavy atom. The molecule has 0 saturated carbocycles. The third-order valence-corrected chi connectivity index (χ3v) is 5.84. The fraction of sp³-hybridized carbons (Fsp3) is 0.143. The van der Waals surface area contributed by atoms with Crippen molar-refractivity contribution in [1.29, 1.82) is 0 Å². The zero-order valence-corrected chi connectivity index (χ0v) is 17.1. The van der Waals surface area contributed by atoms with Crippen LogP contribution in [0.3, 0.4) is 0 Å². The first-order chi connectivity index (χ1) is 14.6. The zero-order valence-electron chi connectivity index (χ0n) is 16.3. The van der Waals surface area contributed by atoms with Crippen molar-refractivity contribution >= 4 is 33.8 Å². The highest BCUT2D eigenvalue weighted by atomic mass is 32.2. The first kappa shape index (κ1) is 18.4. The van der Waals surface area contributed by atoms with Crippen molar-refractivity contribution in [3.05, 3.63) is 76.6 Å². The van der Waals surface area contributed by atoms with E-state index in [4.69, 9.17) is 4.98 Å². The van der Waals surface area contributed by atoms with E-state index in [0.29, 0.717) is 33.8 Å². The van der Waals surface area contributed by atoms with Gasteiger partial charge in [0.2, 0.25) is 0 Å². The molecule has 0 spiro atoms. The van der Waals surface area contributed by atoms with Crippen molar-refractivity contribution in [2.45, 2.75) is 24.6 Å². The lowest BCUT2D eigenvalue weighted by Gasteiger charge is -2.14. The highest BCUT2D eigenvalue weighted by Gasteiger charge is 2.16. The van der Waals surface area contributed by atoms with Crippen molar-refractivity contribution in [2.24, 2.45) is 0 Å². The lowest BCUT2D eigenvalue weighted by Crippen LogP contribution is -2.24. The van der Waals surface area contributed by atoms with Gasteiger partial charge < -0.3 is 4.98 Å². The Morgan fingerprint density at radius 3 is 2.80 bits per heavy atom. The summed E-state index contributed by atoms with van der Waals surface area (Å²) in [6.45, 7) is 3.84. The zero-order chi connectivity index (χ0) is 20.7. The molecule has 0 aliphatic carbocycles. The maximum absolute atomic E-state index is 13.5. The van der Waals surface area contributed by atoms with Gasteiger partial charge in [-0.3, -0.25) is 14.3 Å². The van der Waals surface area contributed by atoms with Crippen LogP contribution in [0.1, 0.15) is 17.1 Å². The van der Waals surface area contributed by atoms with Crippen molar-refractivity contribution < 1.29 is 0 Å². The predicted molar refractivity (Wildman–Crippen MR) is 116 cm³/mol. The van der Waals surface area contributed by atoms with Gasteiger partial charge in [0.15, 0.2) is 5.65 Å². The second-order valence-electron chi connectivity index (χ2n) is 6.86. The molecule has 30 heavy (non-hydrogen) atoms. The molecule has 1 N–H and O–H groups in total. The second-order valence-corrected chi connectivity index (χ2v) is 7.83. The van der Waals surface area contributed by atoms with Crippen LogP contribution in [0.5, 0.6) is 0 Å². The van der Waals surface area contributed by atoms with Gasteiger partial charge in [-0.1, -0.05) is 23.9 Å². The Hall–Kier alpha value is -3.59. The van der Waals surface area contributed by atoms with Crippen LogP contribution in [0.4, 0.5) is 0 Å². The molecule has 148 valence electrons. The van der Waals surface area contributed by atoms with Crippen molar-refractivity contribution in [3.8, 4) is 5.69 Å². The molecule has 0 unspecified atom stereocenters. The van der Waals surface area contributed by atoms with Crippen LogP contribution in [0.25, 0.3) is 27.8 Å². The van der Waals surface area contributed by atoms with Gasteiger partial charge in [0.25, 0.3) is 5.56 Å². The van der Waals surface area contributed by atoms with Gasteiger partial charge in [0.05, 0.1) is 34.9 Å². The highest BCUT2D eigenvalue weighted by Crippen LogP contribution is 2.26. The van der Waals surface area contributed by atoms with E-state index >= 15 is 0 Å². The van der Waals surface area contributed by atoms with Crippen LogP contribution in [-0.4, -0.2) is 34.5 Å². The molecule has 1 aromatic carbocycles. The number of fused-ring (bicyclic) bond motifs is 2. The summed E-state index contributed by atoms with van der Waals surface area (Å²) in [5, 5.41) is 1.37. The number of rotatable bonds is 4. The number of hydrogen-bond donors (Lipinski definition) is 1. The number of nitrogens with zero attached hydrogens (tertiary/aromatic N) is 6. The Kier molecular flexibility index (Phi) is 4.51. The summed E-state index contributed by atoms with van der Waals surface area (Å²) in [6, 6.07) is 9.49. The van der Waals surface area contributed by atoms with Crippen LogP contribution < -0.4 is 5.56 Å². The minimum absolute atomic E-state index is 0.103. The van der Waals surface area contributed by atoms with Crippen LogP contribution in [-0.2, 0) is 5.75 Å². The molecule has 8 nitrogen and oxygen atoms in total. The highest BCUT2D eigenvalue weighted by molar-refractivity contribution is 7.98. The number of aromatic amines is 1. The van der Waals surface area contributed by atoms with Crippen LogP contribution >= 0.6 is 11.8 Å². The van der Waals surface area contributed by atoms with E-state index in [1.165, 1.54) is 18.1 Å². The van der Waals surface area contributed by atoms with E-state index in [9.17, 15) is 4.79 Å². The number of aryl methyl sites for hydroxylation is 2. The van der Waals surface area contributed by atoms with Gasteiger partial charge in [0.1, 0.15) is 22.7 Å². The van der Waals surface area contributed by atoms with E-state index in [1.54, 1.807) is 17.1 Å². The summed E-state index contributed by atoms with van der Waals surface area (Å²) in [5.74, 6) is 1.07. The van der Waals surface area contributed by atoms with E-state index in [2.05, 4.69) is 24.9 Å². The summed E-state index contributed by atoms with van der Waals surface area (Å²) in [6.07, 6.45) is 4.78. The number of thioether (sulfide) groups is 1. The minimum Gasteiger partial charge on any atom is -0.341 e. The Morgan fingerprint density at radius 2 is 1.97 bits per heavy atom. The fourth-order valence-corrected chi connectivity index (χ4v) is 4.26. The van der Waals surface area contributed by atoms with Gasteiger partial charge in [0, 0.05) is 5.69 Å². The largest absolute Gasteiger partial charge is 0.341 e. The second kappa shape index (κ2) is 7.34. The summed E-state index contributed by atoms with van der Waals surface area (Å²) in [4.78, 5) is 38.4. The standard InChI is InChI=1S/C21H17N7OS/c1-12-4-3-5-15-17(12)21(29)28(14-7-6-13(2)22-8-14)16(27-15)9-30-20-18-19(24-10-23-18)25-11-26-20/h3-8,10-11H,9H2,1-2H3,(H,23,24,25,26). The maximum Gasteiger partial charge on any atom is 0.266 e. The fourth-order valence-electron chi connectivity index (χ4n) is 3.38. The van der Waals surface area contributed by atoms with Gasteiger partial charge in [-0.25, -0.2) is 19.9 Å². The minimum atomic E-state index is -0.103. The summed E-state index contributed by atoms with van der Waals surface area (Å²) in [7, 11) is 0. The lowest BCUT2D eigenvalue weighted by atomic mass is 10.1. The maximum atomic E-state index is 13.5. The molecule has 5 rings (SSSR count). The molecule has 0 amide bonds. The van der Waals surface area contributed by atoms with Crippen LogP contribution in [0, 0.1) is 13.8 Å². The number of pyridine rings is 1. The number of aromatic nitrogens is 7. The lowest BCUT2D eigenvalue weighted by molar-refractivity contribution is 0.874. The molecule has 4 aromatic heterocycles. The molecular weight excluding hydrogens is 398 g/mol. The first-order valence-electron chi connectivity index (χ1n) is 9.33. The molecule has 9 heteroatoms. The monoisotopic (exact) mass is 415 g/mol. The van der Waals surface area contributed by atoms with E-state index in [1.807, 2.05) is 44.2 Å². The molecule has 0 radical (unpaired) electrons. The number of H-pyrrole nitrogens is 1. The number of benzene rings is 1. The topological polar surface area (TPSA) is 102 Å². The summed E-state index contributed by atoms with van der Waals surface area (Å²) >= 11 is 1.48. The Balaban J connectivity index is 1.66. The molecule has 5 aromatic rings.